The predicted molar refractivity (Wildman–Crippen MR) is 102 cm³/mol. The van der Waals surface area contributed by atoms with Gasteiger partial charge in [0, 0.05) is 12.1 Å². The lowest BCUT2D eigenvalue weighted by Gasteiger charge is -2.43. The predicted octanol–water partition coefficient (Wildman–Crippen LogP) is 5.43. The maximum absolute atomic E-state index is 3.14. The number of likely N-dealkylation sites (tertiary alicyclic amines) is 1. The van der Waals surface area contributed by atoms with Crippen molar-refractivity contribution in [3.05, 3.63) is 0 Å². The highest BCUT2D eigenvalue weighted by Crippen LogP contribution is 2.60. The molecule has 1 aliphatic heterocycles. The van der Waals surface area contributed by atoms with Crippen LogP contribution in [0.3, 0.4) is 0 Å². The molecule has 1 heterocycles. The maximum atomic E-state index is 3.14. The molecule has 4 rings (SSSR count). The molecule has 0 bridgehead atoms. The summed E-state index contributed by atoms with van der Waals surface area (Å²) in [4.78, 5) is 3.14. The van der Waals surface area contributed by atoms with Crippen molar-refractivity contribution in [3.63, 3.8) is 0 Å². The summed E-state index contributed by atoms with van der Waals surface area (Å²) in [6.07, 6.45) is 12.1. The molecule has 0 spiro atoms. The fraction of sp³-hybridized carbons (Fsp3) is 1.00. The lowest BCUT2D eigenvalue weighted by molar-refractivity contribution is 0.0900. The van der Waals surface area contributed by atoms with Crippen molar-refractivity contribution in [2.24, 2.45) is 35.5 Å². The molecule has 8 atom stereocenters. The Kier molecular flexibility index (Phi) is 4.24. The second-order valence-electron chi connectivity index (χ2n) is 10.9. The number of hydrogen-bond acceptors (Lipinski definition) is 1. The van der Waals surface area contributed by atoms with Gasteiger partial charge in [-0.1, -0.05) is 46.3 Å². The third-order valence-corrected chi connectivity index (χ3v) is 9.39. The number of rotatable bonds is 2. The first-order chi connectivity index (χ1) is 10.9. The molecule has 1 saturated heterocycles. The van der Waals surface area contributed by atoms with Gasteiger partial charge in [0.15, 0.2) is 0 Å². The van der Waals surface area contributed by atoms with Crippen molar-refractivity contribution < 1.29 is 0 Å². The molecular weight excluding hydrogens is 294 g/mol. The van der Waals surface area contributed by atoms with Crippen LogP contribution in [0.15, 0.2) is 0 Å². The molecule has 0 aromatic rings. The molecule has 0 aromatic carbocycles. The highest BCUT2D eigenvalue weighted by molar-refractivity contribution is 6.76. The van der Waals surface area contributed by atoms with E-state index in [4.69, 9.17) is 0 Å². The van der Waals surface area contributed by atoms with Crippen LogP contribution in [0.2, 0.25) is 19.6 Å². The summed E-state index contributed by atoms with van der Waals surface area (Å²) < 4.78 is 0. The minimum Gasteiger partial charge on any atom is -0.299 e. The maximum Gasteiger partial charge on any atom is 0.0599 e. The van der Waals surface area contributed by atoms with Crippen molar-refractivity contribution in [2.75, 3.05) is 6.17 Å². The molecule has 3 saturated carbocycles. The van der Waals surface area contributed by atoms with E-state index < -0.39 is 8.07 Å². The van der Waals surface area contributed by atoms with E-state index in [-0.39, 0.29) is 0 Å². The standard InChI is InChI=1S/C21H39NSi/c1-14-10-11-19-18(12-14)20-15(2)16-8-6-7-9-17(16)21(20)22(19)13-23(3,4)5/h14-21H,6-13H2,1-5H3. The van der Waals surface area contributed by atoms with Gasteiger partial charge in [0.05, 0.1) is 8.07 Å². The zero-order chi connectivity index (χ0) is 16.4. The highest BCUT2D eigenvalue weighted by Gasteiger charge is 2.61. The lowest BCUT2D eigenvalue weighted by Crippen LogP contribution is -2.50. The van der Waals surface area contributed by atoms with Gasteiger partial charge in [-0.25, -0.2) is 0 Å². The second kappa shape index (κ2) is 5.87. The fourth-order valence-corrected chi connectivity index (χ4v) is 9.02. The Labute approximate surface area is 145 Å². The van der Waals surface area contributed by atoms with Crippen LogP contribution >= 0.6 is 0 Å². The Morgan fingerprint density at radius 2 is 1.57 bits per heavy atom. The van der Waals surface area contributed by atoms with E-state index in [9.17, 15) is 0 Å². The van der Waals surface area contributed by atoms with E-state index in [0.717, 1.165) is 47.6 Å². The van der Waals surface area contributed by atoms with Crippen LogP contribution in [0.4, 0.5) is 0 Å². The van der Waals surface area contributed by atoms with E-state index in [1.165, 1.54) is 38.3 Å². The van der Waals surface area contributed by atoms with Crippen LogP contribution in [-0.2, 0) is 0 Å². The minimum absolute atomic E-state index is 0.957. The summed E-state index contributed by atoms with van der Waals surface area (Å²) in [5, 5.41) is 0. The first-order valence-corrected chi connectivity index (χ1v) is 14.3. The van der Waals surface area contributed by atoms with Gasteiger partial charge in [0.2, 0.25) is 0 Å². The third kappa shape index (κ3) is 2.76. The SMILES string of the molecule is CC1CCC2C(C1)C1C(C)C3CCCCC3C1N2C[Si](C)(C)C. The Morgan fingerprint density at radius 1 is 0.870 bits per heavy atom. The van der Waals surface area contributed by atoms with Crippen molar-refractivity contribution in [2.45, 2.75) is 90.5 Å². The van der Waals surface area contributed by atoms with E-state index >= 15 is 0 Å². The average molecular weight is 334 g/mol. The summed E-state index contributed by atoms with van der Waals surface area (Å²) in [7, 11) is -1.03. The topological polar surface area (TPSA) is 3.24 Å². The van der Waals surface area contributed by atoms with Crippen LogP contribution in [0, 0.1) is 35.5 Å². The van der Waals surface area contributed by atoms with E-state index in [0.29, 0.717) is 0 Å². The molecule has 4 aliphatic rings. The molecule has 132 valence electrons. The summed E-state index contributed by atoms with van der Waals surface area (Å²) in [6.45, 7) is 13.0. The van der Waals surface area contributed by atoms with Gasteiger partial charge in [0.25, 0.3) is 0 Å². The molecule has 0 radical (unpaired) electrons. The van der Waals surface area contributed by atoms with Crippen molar-refractivity contribution >= 4 is 8.07 Å². The summed E-state index contributed by atoms with van der Waals surface area (Å²) >= 11 is 0. The largest absolute Gasteiger partial charge is 0.299 e. The summed E-state index contributed by atoms with van der Waals surface area (Å²) in [5.41, 5.74) is 0. The molecule has 8 unspecified atom stereocenters. The fourth-order valence-electron chi connectivity index (χ4n) is 7.48. The smallest absolute Gasteiger partial charge is 0.0599 e. The van der Waals surface area contributed by atoms with Crippen LogP contribution in [0.5, 0.6) is 0 Å². The first-order valence-electron chi connectivity index (χ1n) is 10.6. The molecule has 3 aliphatic carbocycles. The molecule has 2 heteroatoms. The van der Waals surface area contributed by atoms with Crippen molar-refractivity contribution in [1.82, 2.24) is 4.90 Å². The molecule has 0 aromatic heterocycles. The Balaban J connectivity index is 1.67. The molecule has 0 N–H and O–H groups in total. The first kappa shape index (κ1) is 16.6. The van der Waals surface area contributed by atoms with Gasteiger partial charge in [0.1, 0.15) is 0 Å². The Hall–Kier alpha value is 0.177. The van der Waals surface area contributed by atoms with Gasteiger partial charge in [-0.2, -0.15) is 0 Å². The zero-order valence-electron chi connectivity index (χ0n) is 16.2. The van der Waals surface area contributed by atoms with E-state index in [1.54, 1.807) is 12.8 Å². The minimum atomic E-state index is -1.03. The molecule has 0 amide bonds. The third-order valence-electron chi connectivity index (χ3n) is 8.07. The van der Waals surface area contributed by atoms with Crippen molar-refractivity contribution in [1.29, 1.82) is 0 Å². The quantitative estimate of drug-likeness (QED) is 0.609. The van der Waals surface area contributed by atoms with Crippen LogP contribution in [0.25, 0.3) is 0 Å². The van der Waals surface area contributed by atoms with Gasteiger partial charge < -0.3 is 0 Å². The van der Waals surface area contributed by atoms with E-state index in [1.807, 2.05) is 0 Å². The monoisotopic (exact) mass is 333 g/mol. The number of hydrogen-bond donors (Lipinski definition) is 0. The van der Waals surface area contributed by atoms with Gasteiger partial charge in [-0.3, -0.25) is 4.90 Å². The van der Waals surface area contributed by atoms with Gasteiger partial charge >= 0.3 is 0 Å². The average Bonchev–Trinajstić information content (AvgIpc) is 2.93. The van der Waals surface area contributed by atoms with Crippen LogP contribution in [-0.4, -0.2) is 31.2 Å². The van der Waals surface area contributed by atoms with Crippen LogP contribution in [0.1, 0.15) is 58.8 Å². The lowest BCUT2D eigenvalue weighted by atomic mass is 9.70. The summed E-state index contributed by atoms with van der Waals surface area (Å²) in [5.74, 6) is 6.21. The molecule has 4 fully saturated rings. The van der Waals surface area contributed by atoms with Crippen molar-refractivity contribution in [3.8, 4) is 0 Å². The van der Waals surface area contributed by atoms with Crippen LogP contribution < -0.4 is 0 Å². The Bertz CT molecular complexity index is 442. The molecular formula is C21H39NSi. The highest BCUT2D eigenvalue weighted by atomic mass is 28.3. The molecule has 23 heavy (non-hydrogen) atoms. The van der Waals surface area contributed by atoms with Gasteiger partial charge in [-0.15, -0.1) is 0 Å². The molecule has 1 nitrogen and oxygen atoms in total. The Morgan fingerprint density at radius 3 is 2.26 bits per heavy atom. The summed E-state index contributed by atoms with van der Waals surface area (Å²) in [6, 6.07) is 1.93. The number of nitrogens with zero attached hydrogens (tertiary/aromatic N) is 1. The zero-order valence-corrected chi connectivity index (χ0v) is 17.2. The second-order valence-corrected chi connectivity index (χ2v) is 16.4. The normalized spacial score (nSPS) is 50.5. The van der Waals surface area contributed by atoms with E-state index in [2.05, 4.69) is 38.4 Å². The van der Waals surface area contributed by atoms with Gasteiger partial charge in [-0.05, 0) is 73.8 Å². The number of fused-ring (bicyclic) bond motifs is 5.